The minimum absolute atomic E-state index is 0.190. The van der Waals surface area contributed by atoms with Crippen LogP contribution in [0.4, 0.5) is 4.79 Å². The topological polar surface area (TPSA) is 130 Å². The predicted molar refractivity (Wildman–Crippen MR) is 105 cm³/mol. The van der Waals surface area contributed by atoms with E-state index in [0.29, 0.717) is 0 Å². The van der Waals surface area contributed by atoms with E-state index in [1.54, 1.807) is 20.8 Å². The molecule has 1 amide bonds. The lowest BCUT2D eigenvalue weighted by atomic mass is 10.1. The van der Waals surface area contributed by atoms with Crippen LogP contribution >= 0.6 is 12.6 Å². The summed E-state index contributed by atoms with van der Waals surface area (Å²) in [6.07, 6.45) is -0.396. The summed E-state index contributed by atoms with van der Waals surface area (Å²) < 4.78 is 5.19. The van der Waals surface area contributed by atoms with Gasteiger partial charge >= 0.3 is 18.0 Å². The van der Waals surface area contributed by atoms with Crippen LogP contribution in [0.2, 0.25) is 0 Å². The van der Waals surface area contributed by atoms with Gasteiger partial charge in [0.25, 0.3) is 0 Å². The van der Waals surface area contributed by atoms with Crippen molar-refractivity contribution in [3.63, 3.8) is 0 Å². The van der Waals surface area contributed by atoms with Gasteiger partial charge in [-0.2, -0.15) is 12.6 Å². The molecule has 0 bridgehead atoms. The molecule has 152 valence electrons. The number of likely N-dealkylation sites (N-methyl/N-ethyl adjacent to an activating group) is 1. The molecule has 27 heavy (non-hydrogen) atoms. The largest absolute Gasteiger partial charge is 0.480 e. The van der Waals surface area contributed by atoms with Crippen LogP contribution in [0, 0.1) is 0 Å². The molecule has 4 N–H and O–H groups in total. The molecule has 1 aromatic rings. The molecule has 1 aromatic carbocycles. The molecule has 0 heterocycles. The molecule has 0 aliphatic carbocycles. The molecule has 0 fully saturated rings. The monoisotopic (exact) mass is 400 g/mol. The second kappa shape index (κ2) is 11.5. The number of aliphatic carboxylic acids is 2. The maximum absolute atomic E-state index is 11.9. The van der Waals surface area contributed by atoms with Crippen molar-refractivity contribution in [2.45, 2.75) is 44.9 Å². The van der Waals surface area contributed by atoms with E-state index >= 15 is 0 Å². The number of hydrogen-bond acceptors (Lipinski definition) is 6. The van der Waals surface area contributed by atoms with Gasteiger partial charge in [-0.1, -0.05) is 30.3 Å². The molecule has 0 saturated heterocycles. The number of carbonyl (C=O) groups is 3. The SMILES string of the molecule is CN(C(=O)OC(C)(C)C)C(Cc1ccccc1)C(=O)O.NC(CS)C(=O)O. The summed E-state index contributed by atoms with van der Waals surface area (Å²) in [6.45, 7) is 5.23. The van der Waals surface area contributed by atoms with Gasteiger partial charge in [0.2, 0.25) is 0 Å². The standard InChI is InChI=1S/C15H21NO4.C3H7NO2S/c1-15(2,3)20-14(19)16(4)12(13(17)18)10-11-8-6-5-7-9-11;4-2(1-7)3(5)6/h5-9,12H,10H2,1-4H3,(H,17,18);2,7H,1,4H2,(H,5,6). The second-order valence-electron chi connectivity index (χ2n) is 6.76. The molecule has 9 heteroatoms. The highest BCUT2D eigenvalue weighted by atomic mass is 32.1. The number of thiol groups is 1. The van der Waals surface area contributed by atoms with Crippen LogP contribution in [0.5, 0.6) is 0 Å². The van der Waals surface area contributed by atoms with Crippen molar-refractivity contribution in [1.29, 1.82) is 0 Å². The first kappa shape index (κ1) is 24.7. The van der Waals surface area contributed by atoms with Crippen molar-refractivity contribution in [1.82, 2.24) is 4.90 Å². The molecule has 0 saturated carbocycles. The lowest BCUT2D eigenvalue weighted by Gasteiger charge is -2.28. The number of benzene rings is 1. The quantitative estimate of drug-likeness (QED) is 0.536. The van der Waals surface area contributed by atoms with Gasteiger partial charge in [0.05, 0.1) is 0 Å². The van der Waals surface area contributed by atoms with Crippen molar-refractivity contribution < 1.29 is 29.3 Å². The van der Waals surface area contributed by atoms with Gasteiger partial charge in [-0.15, -0.1) is 0 Å². The third-order valence-electron chi connectivity index (χ3n) is 3.22. The molecule has 2 atom stereocenters. The Balaban J connectivity index is 0.000000821. The summed E-state index contributed by atoms with van der Waals surface area (Å²) in [4.78, 5) is 34.2. The van der Waals surface area contributed by atoms with Crippen molar-refractivity contribution >= 4 is 30.7 Å². The van der Waals surface area contributed by atoms with Gasteiger partial charge < -0.3 is 20.7 Å². The molecule has 8 nitrogen and oxygen atoms in total. The molecule has 0 aliphatic rings. The molecule has 0 radical (unpaired) electrons. The maximum atomic E-state index is 11.9. The Morgan fingerprint density at radius 1 is 1.15 bits per heavy atom. The summed E-state index contributed by atoms with van der Waals surface area (Å²) in [5.41, 5.74) is 5.14. The van der Waals surface area contributed by atoms with Crippen LogP contribution in [-0.4, -0.2) is 63.6 Å². The highest BCUT2D eigenvalue weighted by Gasteiger charge is 2.30. The van der Waals surface area contributed by atoms with E-state index in [1.165, 1.54) is 7.05 Å². The van der Waals surface area contributed by atoms with Gasteiger partial charge in [0.1, 0.15) is 17.7 Å². The summed E-state index contributed by atoms with van der Waals surface area (Å²) in [5.74, 6) is -1.87. The van der Waals surface area contributed by atoms with E-state index in [0.717, 1.165) is 10.5 Å². The molecule has 0 aromatic heterocycles. The summed E-state index contributed by atoms with van der Waals surface area (Å²) in [6, 6.07) is 7.42. The van der Waals surface area contributed by atoms with Crippen molar-refractivity contribution in [2.24, 2.45) is 5.73 Å². The predicted octanol–water partition coefficient (Wildman–Crippen LogP) is 1.88. The van der Waals surface area contributed by atoms with E-state index in [-0.39, 0.29) is 12.2 Å². The fourth-order valence-corrected chi connectivity index (χ4v) is 1.92. The van der Waals surface area contributed by atoms with Gasteiger partial charge in [0, 0.05) is 19.2 Å². The smallest absolute Gasteiger partial charge is 0.410 e. The zero-order chi connectivity index (χ0) is 21.2. The van der Waals surface area contributed by atoms with Crippen molar-refractivity contribution in [3.8, 4) is 0 Å². The van der Waals surface area contributed by atoms with Crippen LogP contribution in [0.15, 0.2) is 30.3 Å². The van der Waals surface area contributed by atoms with E-state index in [9.17, 15) is 19.5 Å². The first-order chi connectivity index (χ1) is 12.4. The highest BCUT2D eigenvalue weighted by Crippen LogP contribution is 2.13. The van der Waals surface area contributed by atoms with Crippen LogP contribution in [0.3, 0.4) is 0 Å². The Morgan fingerprint density at radius 3 is 2.00 bits per heavy atom. The summed E-state index contributed by atoms with van der Waals surface area (Å²) in [7, 11) is 1.44. The molecule has 0 aliphatic heterocycles. The van der Waals surface area contributed by atoms with Gasteiger partial charge in [-0.05, 0) is 26.3 Å². The minimum Gasteiger partial charge on any atom is -0.480 e. The second-order valence-corrected chi connectivity index (χ2v) is 7.13. The minimum atomic E-state index is -1.05. The zero-order valence-corrected chi connectivity index (χ0v) is 16.8. The molecular formula is C18H28N2O6S. The summed E-state index contributed by atoms with van der Waals surface area (Å²) >= 11 is 3.65. The number of rotatable bonds is 6. The lowest BCUT2D eigenvalue weighted by molar-refractivity contribution is -0.142. The normalized spacial score (nSPS) is 12.8. The first-order valence-corrected chi connectivity index (χ1v) is 8.84. The number of carboxylic acid groups (broad SMARTS) is 2. The molecular weight excluding hydrogens is 372 g/mol. The van der Waals surface area contributed by atoms with Gasteiger partial charge in [0.15, 0.2) is 0 Å². The van der Waals surface area contributed by atoms with Crippen LogP contribution < -0.4 is 5.73 Å². The van der Waals surface area contributed by atoms with E-state index in [2.05, 4.69) is 12.6 Å². The molecule has 1 rings (SSSR count). The summed E-state index contributed by atoms with van der Waals surface area (Å²) in [5, 5.41) is 17.3. The Hall–Kier alpha value is -2.26. The Kier molecular flexibility index (Phi) is 10.5. The Labute approximate surface area is 164 Å². The number of hydrogen-bond donors (Lipinski definition) is 4. The van der Waals surface area contributed by atoms with Crippen LogP contribution in [0.1, 0.15) is 26.3 Å². The zero-order valence-electron chi connectivity index (χ0n) is 16.0. The van der Waals surface area contributed by atoms with Gasteiger partial charge in [-0.25, -0.2) is 9.59 Å². The Morgan fingerprint density at radius 2 is 1.67 bits per heavy atom. The first-order valence-electron chi connectivity index (χ1n) is 8.20. The van der Waals surface area contributed by atoms with Crippen molar-refractivity contribution in [3.05, 3.63) is 35.9 Å². The highest BCUT2D eigenvalue weighted by molar-refractivity contribution is 7.80. The van der Waals surface area contributed by atoms with E-state index in [4.69, 9.17) is 15.6 Å². The lowest BCUT2D eigenvalue weighted by Crippen LogP contribution is -2.46. The maximum Gasteiger partial charge on any atom is 0.410 e. The van der Waals surface area contributed by atoms with Crippen LogP contribution in [-0.2, 0) is 20.7 Å². The fraction of sp³-hybridized carbons (Fsp3) is 0.500. The molecule has 0 spiro atoms. The third kappa shape index (κ3) is 10.5. The van der Waals surface area contributed by atoms with E-state index in [1.807, 2.05) is 30.3 Å². The fourth-order valence-electron chi connectivity index (χ4n) is 1.77. The number of ether oxygens (including phenoxy) is 1. The number of amides is 1. The average Bonchev–Trinajstić information content (AvgIpc) is 2.58. The van der Waals surface area contributed by atoms with Gasteiger partial charge in [-0.3, -0.25) is 9.69 Å². The number of carbonyl (C=O) groups excluding carboxylic acids is 1. The number of nitrogens with two attached hydrogens (primary N) is 1. The molecule has 2 unspecified atom stereocenters. The van der Waals surface area contributed by atoms with Crippen molar-refractivity contribution in [2.75, 3.05) is 12.8 Å². The average molecular weight is 400 g/mol. The Bertz CT molecular complexity index is 618. The van der Waals surface area contributed by atoms with E-state index < -0.39 is 35.7 Å². The third-order valence-corrected chi connectivity index (χ3v) is 3.61. The number of carboxylic acids is 2. The van der Waals surface area contributed by atoms with Crippen LogP contribution in [0.25, 0.3) is 0 Å². The number of nitrogens with zero attached hydrogens (tertiary/aromatic N) is 1.